The molecule has 1 saturated carbocycles. The second kappa shape index (κ2) is 12.2. The van der Waals surface area contributed by atoms with Crippen molar-refractivity contribution in [3.05, 3.63) is 0 Å². The highest BCUT2D eigenvalue weighted by molar-refractivity contribution is 14.0. The van der Waals surface area contributed by atoms with Crippen LogP contribution in [0.3, 0.4) is 0 Å². The van der Waals surface area contributed by atoms with Crippen LogP contribution in [-0.4, -0.2) is 68.5 Å². The molecule has 0 aromatic carbocycles. The number of aliphatic imine (C=N–C) groups is 1. The molecule has 170 valence electrons. The first-order valence-corrected chi connectivity index (χ1v) is 10.8. The van der Waals surface area contributed by atoms with Gasteiger partial charge in [-0.25, -0.2) is 4.79 Å². The summed E-state index contributed by atoms with van der Waals surface area (Å²) in [5.74, 6) is 0.927. The number of carbonyl (C=O) groups excluding carboxylic acids is 1. The van der Waals surface area contributed by atoms with Crippen molar-refractivity contribution in [3.8, 4) is 0 Å². The summed E-state index contributed by atoms with van der Waals surface area (Å²) in [6, 6.07) is 0.0896. The van der Waals surface area contributed by atoms with E-state index in [1.807, 2.05) is 27.8 Å². The van der Waals surface area contributed by atoms with Gasteiger partial charge in [-0.2, -0.15) is 0 Å². The number of amides is 1. The monoisotopic (exact) mass is 524 g/mol. The maximum Gasteiger partial charge on any atom is 0.407 e. The SMILES string of the molecule is CCOCCC1(CNC(=NC)N2CC[C@@H](NC(=O)OC(C)(C)C)C2)CCCC1.I. The van der Waals surface area contributed by atoms with Gasteiger partial charge in [0.15, 0.2) is 5.96 Å². The summed E-state index contributed by atoms with van der Waals surface area (Å²) < 4.78 is 11.0. The molecule has 0 radical (unpaired) electrons. The van der Waals surface area contributed by atoms with Gasteiger partial charge < -0.3 is 25.0 Å². The fourth-order valence-electron chi connectivity index (χ4n) is 4.22. The normalized spacial score (nSPS) is 21.6. The van der Waals surface area contributed by atoms with Crippen molar-refractivity contribution in [3.63, 3.8) is 0 Å². The van der Waals surface area contributed by atoms with E-state index in [0.717, 1.165) is 51.6 Å². The van der Waals surface area contributed by atoms with Gasteiger partial charge in [-0.1, -0.05) is 12.8 Å². The lowest BCUT2D eigenvalue weighted by Gasteiger charge is -2.32. The molecular weight excluding hydrogens is 483 g/mol. The molecule has 1 amide bonds. The predicted octanol–water partition coefficient (Wildman–Crippen LogP) is 3.77. The minimum Gasteiger partial charge on any atom is -0.444 e. The van der Waals surface area contributed by atoms with Gasteiger partial charge in [0.1, 0.15) is 5.60 Å². The van der Waals surface area contributed by atoms with Crippen LogP contribution in [0.25, 0.3) is 0 Å². The van der Waals surface area contributed by atoms with Gasteiger partial charge in [-0.3, -0.25) is 4.99 Å². The third-order valence-electron chi connectivity index (χ3n) is 5.69. The molecule has 0 unspecified atom stereocenters. The Labute approximate surface area is 193 Å². The minimum atomic E-state index is -0.475. The molecule has 0 bridgehead atoms. The molecule has 0 aromatic rings. The topological polar surface area (TPSA) is 75.2 Å². The Balaban J connectivity index is 0.00000420. The van der Waals surface area contributed by atoms with E-state index in [1.165, 1.54) is 25.7 Å². The third-order valence-corrected chi connectivity index (χ3v) is 5.69. The zero-order valence-electron chi connectivity index (χ0n) is 18.9. The number of halogens is 1. The van der Waals surface area contributed by atoms with E-state index in [0.29, 0.717) is 5.41 Å². The molecule has 29 heavy (non-hydrogen) atoms. The number of nitrogens with zero attached hydrogens (tertiary/aromatic N) is 2. The smallest absolute Gasteiger partial charge is 0.407 e. The fourth-order valence-corrected chi connectivity index (χ4v) is 4.22. The van der Waals surface area contributed by atoms with Gasteiger partial charge in [-0.05, 0) is 58.8 Å². The highest BCUT2D eigenvalue weighted by Crippen LogP contribution is 2.40. The zero-order valence-corrected chi connectivity index (χ0v) is 21.2. The Morgan fingerprint density at radius 1 is 1.28 bits per heavy atom. The van der Waals surface area contributed by atoms with Gasteiger partial charge in [0.05, 0.1) is 6.04 Å². The van der Waals surface area contributed by atoms with Crippen molar-refractivity contribution in [2.45, 2.75) is 77.9 Å². The van der Waals surface area contributed by atoms with Crippen molar-refractivity contribution in [1.29, 1.82) is 0 Å². The Hall–Kier alpha value is -0.770. The molecule has 0 spiro atoms. The van der Waals surface area contributed by atoms with Crippen LogP contribution < -0.4 is 10.6 Å². The van der Waals surface area contributed by atoms with Crippen LogP contribution in [0.2, 0.25) is 0 Å². The number of hydrogen-bond acceptors (Lipinski definition) is 4. The van der Waals surface area contributed by atoms with Gasteiger partial charge in [-0.15, -0.1) is 24.0 Å². The summed E-state index contributed by atoms with van der Waals surface area (Å²) in [6.45, 7) is 11.9. The Morgan fingerprint density at radius 2 is 1.97 bits per heavy atom. The second-order valence-corrected chi connectivity index (χ2v) is 9.13. The lowest BCUT2D eigenvalue weighted by Crippen LogP contribution is -2.46. The van der Waals surface area contributed by atoms with Crippen LogP contribution in [0.15, 0.2) is 4.99 Å². The summed E-state index contributed by atoms with van der Waals surface area (Å²) in [5, 5.41) is 6.59. The summed E-state index contributed by atoms with van der Waals surface area (Å²) in [5.41, 5.74) is -0.157. The fraction of sp³-hybridized carbons (Fsp3) is 0.905. The van der Waals surface area contributed by atoms with Gasteiger partial charge in [0.2, 0.25) is 0 Å². The maximum atomic E-state index is 12.0. The molecule has 1 aliphatic heterocycles. The summed E-state index contributed by atoms with van der Waals surface area (Å²) >= 11 is 0. The largest absolute Gasteiger partial charge is 0.444 e. The van der Waals surface area contributed by atoms with Crippen LogP contribution >= 0.6 is 24.0 Å². The highest BCUT2D eigenvalue weighted by atomic mass is 127. The van der Waals surface area contributed by atoms with E-state index in [4.69, 9.17) is 9.47 Å². The predicted molar refractivity (Wildman–Crippen MR) is 128 cm³/mol. The van der Waals surface area contributed by atoms with E-state index in [2.05, 4.69) is 27.4 Å². The molecule has 7 nitrogen and oxygen atoms in total. The molecule has 2 rings (SSSR count). The van der Waals surface area contributed by atoms with E-state index in [9.17, 15) is 4.79 Å². The average molecular weight is 524 g/mol. The van der Waals surface area contributed by atoms with E-state index in [-0.39, 0.29) is 36.1 Å². The number of ether oxygens (including phenoxy) is 2. The van der Waals surface area contributed by atoms with E-state index in [1.54, 1.807) is 0 Å². The van der Waals surface area contributed by atoms with Gasteiger partial charge in [0, 0.05) is 39.9 Å². The second-order valence-electron chi connectivity index (χ2n) is 9.13. The molecule has 8 heteroatoms. The Bertz CT molecular complexity index is 531. The number of likely N-dealkylation sites (tertiary alicyclic amines) is 1. The summed E-state index contributed by atoms with van der Waals surface area (Å²) in [4.78, 5) is 18.7. The lowest BCUT2D eigenvalue weighted by atomic mass is 9.83. The standard InChI is InChI=1S/C21H40N4O3.HI/c1-6-27-14-12-21(10-7-8-11-21)16-23-18(22-5)25-13-9-17(15-25)24-19(26)28-20(2,3)4;/h17H,6-16H2,1-5H3,(H,22,23)(H,24,26);1H/t17-;/m1./s1. The van der Waals surface area contributed by atoms with Crippen LogP contribution in [0.1, 0.15) is 66.2 Å². The number of nitrogens with one attached hydrogen (secondary N) is 2. The molecule has 1 saturated heterocycles. The summed E-state index contributed by atoms with van der Waals surface area (Å²) in [6.07, 6.45) is 6.78. The van der Waals surface area contributed by atoms with Crippen LogP contribution in [0.4, 0.5) is 4.79 Å². The molecule has 1 atom stereocenters. The number of alkyl carbamates (subject to hydrolysis) is 1. The van der Waals surface area contributed by atoms with Crippen LogP contribution in [-0.2, 0) is 9.47 Å². The Morgan fingerprint density at radius 3 is 2.55 bits per heavy atom. The number of carbonyl (C=O) groups is 1. The Kier molecular flexibility index (Phi) is 11.0. The molecule has 2 N–H and O–H groups in total. The first-order chi connectivity index (χ1) is 13.3. The number of rotatable bonds is 7. The first kappa shape index (κ1) is 26.3. The third kappa shape index (κ3) is 8.86. The zero-order chi connectivity index (χ0) is 20.6. The maximum absolute atomic E-state index is 12.0. The van der Waals surface area contributed by atoms with E-state index >= 15 is 0 Å². The van der Waals surface area contributed by atoms with Crippen molar-refractivity contribution < 1.29 is 14.3 Å². The minimum absolute atomic E-state index is 0. The van der Waals surface area contributed by atoms with Gasteiger partial charge >= 0.3 is 6.09 Å². The van der Waals surface area contributed by atoms with Crippen LogP contribution in [0.5, 0.6) is 0 Å². The average Bonchev–Trinajstić information content (AvgIpc) is 3.25. The van der Waals surface area contributed by atoms with Gasteiger partial charge in [0.25, 0.3) is 0 Å². The molecule has 1 heterocycles. The number of hydrogen-bond donors (Lipinski definition) is 2. The van der Waals surface area contributed by atoms with Crippen molar-refractivity contribution in [2.24, 2.45) is 10.4 Å². The van der Waals surface area contributed by atoms with Crippen molar-refractivity contribution >= 4 is 36.0 Å². The molecule has 2 fully saturated rings. The molecule has 0 aromatic heterocycles. The first-order valence-electron chi connectivity index (χ1n) is 10.8. The van der Waals surface area contributed by atoms with Crippen molar-refractivity contribution in [1.82, 2.24) is 15.5 Å². The van der Waals surface area contributed by atoms with E-state index < -0.39 is 5.60 Å². The quantitative estimate of drug-likeness (QED) is 0.230. The molecular formula is C21H41IN4O3. The lowest BCUT2D eigenvalue weighted by molar-refractivity contribution is 0.0507. The van der Waals surface area contributed by atoms with Crippen LogP contribution in [0, 0.1) is 5.41 Å². The summed E-state index contributed by atoms with van der Waals surface area (Å²) in [7, 11) is 1.83. The number of guanidine groups is 1. The molecule has 1 aliphatic carbocycles. The molecule has 2 aliphatic rings. The highest BCUT2D eigenvalue weighted by Gasteiger charge is 2.35. The van der Waals surface area contributed by atoms with Crippen molar-refractivity contribution in [2.75, 3.05) is 39.9 Å².